The standard InChI is InChI=1S/C17H27NO2/c19-12-4-11-18-13-17(20)16-9-7-15(8-10-16)14-5-2-1-3-6-14/h7-10,14,17-20H,1-6,11-13H2. The van der Waals surface area contributed by atoms with Crippen molar-refractivity contribution in [3.63, 3.8) is 0 Å². The predicted octanol–water partition coefficient (Wildman–Crippen LogP) is 2.74. The van der Waals surface area contributed by atoms with E-state index < -0.39 is 6.10 Å². The molecule has 1 unspecified atom stereocenters. The molecule has 1 atom stereocenters. The van der Waals surface area contributed by atoms with E-state index in [4.69, 9.17) is 5.11 Å². The van der Waals surface area contributed by atoms with Gasteiger partial charge in [0.2, 0.25) is 0 Å². The summed E-state index contributed by atoms with van der Waals surface area (Å²) in [5.74, 6) is 0.720. The molecule has 1 aromatic carbocycles. The monoisotopic (exact) mass is 277 g/mol. The molecule has 0 amide bonds. The van der Waals surface area contributed by atoms with E-state index in [-0.39, 0.29) is 6.61 Å². The first-order chi connectivity index (χ1) is 9.81. The van der Waals surface area contributed by atoms with Gasteiger partial charge in [-0.25, -0.2) is 0 Å². The fourth-order valence-electron chi connectivity index (χ4n) is 2.99. The number of aliphatic hydroxyl groups excluding tert-OH is 2. The molecule has 0 radical (unpaired) electrons. The summed E-state index contributed by atoms with van der Waals surface area (Å²) in [7, 11) is 0. The lowest BCUT2D eigenvalue weighted by Gasteiger charge is -2.22. The smallest absolute Gasteiger partial charge is 0.0914 e. The normalized spacial score (nSPS) is 18.1. The molecule has 3 nitrogen and oxygen atoms in total. The number of hydrogen-bond acceptors (Lipinski definition) is 3. The summed E-state index contributed by atoms with van der Waals surface area (Å²) in [6.45, 7) is 1.48. The highest BCUT2D eigenvalue weighted by molar-refractivity contribution is 5.27. The number of nitrogens with one attached hydrogen (secondary N) is 1. The van der Waals surface area contributed by atoms with Crippen molar-refractivity contribution in [3.8, 4) is 0 Å². The van der Waals surface area contributed by atoms with Crippen LogP contribution < -0.4 is 5.32 Å². The second-order valence-corrected chi connectivity index (χ2v) is 5.80. The molecule has 20 heavy (non-hydrogen) atoms. The first kappa shape index (κ1) is 15.5. The average Bonchev–Trinajstić information content (AvgIpc) is 2.52. The van der Waals surface area contributed by atoms with Crippen LogP contribution in [0, 0.1) is 0 Å². The Bertz CT molecular complexity index is 371. The molecule has 0 heterocycles. The zero-order valence-corrected chi connectivity index (χ0v) is 12.2. The summed E-state index contributed by atoms with van der Waals surface area (Å²) in [5, 5.41) is 21.9. The molecule has 0 aliphatic heterocycles. The highest BCUT2D eigenvalue weighted by Crippen LogP contribution is 2.32. The molecular formula is C17H27NO2. The molecule has 0 aromatic heterocycles. The quantitative estimate of drug-likeness (QED) is 0.672. The van der Waals surface area contributed by atoms with Crippen molar-refractivity contribution in [2.45, 2.75) is 50.5 Å². The second-order valence-electron chi connectivity index (χ2n) is 5.80. The third kappa shape index (κ3) is 4.58. The van der Waals surface area contributed by atoms with Gasteiger partial charge in [-0.1, -0.05) is 43.5 Å². The molecule has 1 saturated carbocycles. The van der Waals surface area contributed by atoms with Crippen molar-refractivity contribution in [3.05, 3.63) is 35.4 Å². The molecule has 1 aromatic rings. The minimum absolute atomic E-state index is 0.194. The molecule has 1 aliphatic carbocycles. The van der Waals surface area contributed by atoms with E-state index in [1.54, 1.807) is 0 Å². The van der Waals surface area contributed by atoms with Gasteiger partial charge in [-0.2, -0.15) is 0 Å². The lowest BCUT2D eigenvalue weighted by Crippen LogP contribution is -2.23. The molecule has 112 valence electrons. The Kier molecular flexibility index (Phi) is 6.51. The number of hydrogen-bond donors (Lipinski definition) is 3. The Morgan fingerprint density at radius 3 is 2.45 bits per heavy atom. The van der Waals surface area contributed by atoms with Crippen LogP contribution in [0.4, 0.5) is 0 Å². The van der Waals surface area contributed by atoms with Crippen LogP contribution in [0.5, 0.6) is 0 Å². The zero-order chi connectivity index (χ0) is 14.2. The van der Waals surface area contributed by atoms with E-state index in [1.165, 1.54) is 37.7 Å². The van der Waals surface area contributed by atoms with Gasteiger partial charge < -0.3 is 15.5 Å². The molecular weight excluding hydrogens is 250 g/mol. The minimum atomic E-state index is -0.464. The summed E-state index contributed by atoms with van der Waals surface area (Å²) >= 11 is 0. The summed E-state index contributed by atoms with van der Waals surface area (Å²) in [4.78, 5) is 0. The first-order valence-corrected chi connectivity index (χ1v) is 7.90. The molecule has 0 bridgehead atoms. The van der Waals surface area contributed by atoms with Gasteiger partial charge in [-0.3, -0.25) is 0 Å². The maximum absolute atomic E-state index is 10.1. The average molecular weight is 277 g/mol. The van der Waals surface area contributed by atoms with E-state index in [9.17, 15) is 5.11 Å². The number of rotatable bonds is 7. The van der Waals surface area contributed by atoms with Crippen LogP contribution in [-0.2, 0) is 0 Å². The van der Waals surface area contributed by atoms with E-state index in [2.05, 4.69) is 29.6 Å². The van der Waals surface area contributed by atoms with Crippen molar-refractivity contribution in [2.24, 2.45) is 0 Å². The Morgan fingerprint density at radius 2 is 1.80 bits per heavy atom. The highest BCUT2D eigenvalue weighted by Gasteiger charge is 2.15. The Hall–Kier alpha value is -0.900. The fourth-order valence-corrected chi connectivity index (χ4v) is 2.99. The van der Waals surface area contributed by atoms with Crippen LogP contribution in [0.1, 0.15) is 61.7 Å². The summed E-state index contributed by atoms with van der Waals surface area (Å²) in [6.07, 6.45) is 6.97. The van der Waals surface area contributed by atoms with Crippen LogP contribution in [0.15, 0.2) is 24.3 Å². The van der Waals surface area contributed by atoms with E-state index in [0.29, 0.717) is 6.54 Å². The largest absolute Gasteiger partial charge is 0.396 e. The van der Waals surface area contributed by atoms with Crippen LogP contribution in [0.3, 0.4) is 0 Å². The third-order valence-electron chi connectivity index (χ3n) is 4.25. The van der Waals surface area contributed by atoms with Gasteiger partial charge >= 0.3 is 0 Å². The first-order valence-electron chi connectivity index (χ1n) is 7.90. The zero-order valence-electron chi connectivity index (χ0n) is 12.2. The molecule has 3 N–H and O–H groups in total. The van der Waals surface area contributed by atoms with E-state index in [1.807, 2.05) is 0 Å². The minimum Gasteiger partial charge on any atom is -0.396 e. The van der Waals surface area contributed by atoms with Crippen LogP contribution in [-0.4, -0.2) is 29.9 Å². The van der Waals surface area contributed by atoms with Crippen LogP contribution >= 0.6 is 0 Å². The Morgan fingerprint density at radius 1 is 1.10 bits per heavy atom. The van der Waals surface area contributed by atoms with Crippen molar-refractivity contribution in [1.82, 2.24) is 5.32 Å². The summed E-state index contributed by atoms with van der Waals surface area (Å²) < 4.78 is 0. The molecule has 1 aliphatic rings. The van der Waals surface area contributed by atoms with Gasteiger partial charge in [0.1, 0.15) is 0 Å². The molecule has 3 heteroatoms. The SMILES string of the molecule is OCCCNCC(O)c1ccc(C2CCCCC2)cc1. The Balaban J connectivity index is 1.83. The fraction of sp³-hybridized carbons (Fsp3) is 0.647. The Labute approximate surface area is 122 Å². The van der Waals surface area contributed by atoms with Crippen LogP contribution in [0.2, 0.25) is 0 Å². The number of aliphatic hydroxyl groups is 2. The second kappa shape index (κ2) is 8.40. The molecule has 0 saturated heterocycles. The van der Waals surface area contributed by atoms with Crippen molar-refractivity contribution in [2.75, 3.05) is 19.7 Å². The van der Waals surface area contributed by atoms with Gasteiger partial charge in [0.15, 0.2) is 0 Å². The van der Waals surface area contributed by atoms with Crippen molar-refractivity contribution < 1.29 is 10.2 Å². The third-order valence-corrected chi connectivity index (χ3v) is 4.25. The predicted molar refractivity (Wildman–Crippen MR) is 81.8 cm³/mol. The van der Waals surface area contributed by atoms with Crippen LogP contribution in [0.25, 0.3) is 0 Å². The van der Waals surface area contributed by atoms with Crippen molar-refractivity contribution in [1.29, 1.82) is 0 Å². The van der Waals surface area contributed by atoms with Crippen molar-refractivity contribution >= 4 is 0 Å². The van der Waals surface area contributed by atoms with Gasteiger partial charge in [-0.15, -0.1) is 0 Å². The van der Waals surface area contributed by atoms with Gasteiger partial charge in [0.05, 0.1) is 6.10 Å². The molecule has 0 spiro atoms. The lowest BCUT2D eigenvalue weighted by atomic mass is 9.84. The summed E-state index contributed by atoms with van der Waals surface area (Å²) in [6, 6.07) is 8.48. The van der Waals surface area contributed by atoms with Gasteiger partial charge in [0.25, 0.3) is 0 Å². The van der Waals surface area contributed by atoms with E-state index in [0.717, 1.165) is 24.4 Å². The lowest BCUT2D eigenvalue weighted by molar-refractivity contribution is 0.173. The topological polar surface area (TPSA) is 52.5 Å². The van der Waals surface area contributed by atoms with Gasteiger partial charge in [0, 0.05) is 13.2 Å². The summed E-state index contributed by atoms with van der Waals surface area (Å²) in [5.41, 5.74) is 2.40. The van der Waals surface area contributed by atoms with Gasteiger partial charge in [-0.05, 0) is 42.9 Å². The molecule has 2 rings (SSSR count). The maximum atomic E-state index is 10.1. The number of benzene rings is 1. The highest BCUT2D eigenvalue weighted by atomic mass is 16.3. The van der Waals surface area contributed by atoms with E-state index >= 15 is 0 Å². The molecule has 1 fully saturated rings. The maximum Gasteiger partial charge on any atom is 0.0914 e.